The van der Waals surface area contributed by atoms with Crippen LogP contribution in [0.25, 0.3) is 0 Å². The van der Waals surface area contributed by atoms with Crippen molar-refractivity contribution in [3.8, 4) is 11.5 Å². The van der Waals surface area contributed by atoms with E-state index in [2.05, 4.69) is 5.32 Å². The summed E-state index contributed by atoms with van der Waals surface area (Å²) in [6.07, 6.45) is 0. The van der Waals surface area contributed by atoms with Crippen molar-refractivity contribution in [3.63, 3.8) is 0 Å². The second-order valence-electron chi connectivity index (χ2n) is 5.17. The van der Waals surface area contributed by atoms with Gasteiger partial charge in [-0.3, -0.25) is 0 Å². The van der Waals surface area contributed by atoms with Crippen molar-refractivity contribution < 1.29 is 9.13 Å². The summed E-state index contributed by atoms with van der Waals surface area (Å²) in [6, 6.07) is 12.9. The SMILES string of the molecule is Cc1cccc(Oc2cccc(F)c2CNC(C)C)c1. The second kappa shape index (κ2) is 6.53. The minimum atomic E-state index is -0.247. The average molecular weight is 273 g/mol. The molecule has 3 heteroatoms. The number of hydrogen-bond donors (Lipinski definition) is 1. The van der Waals surface area contributed by atoms with Gasteiger partial charge in [-0.25, -0.2) is 4.39 Å². The Morgan fingerprint density at radius 1 is 1.15 bits per heavy atom. The zero-order valence-corrected chi connectivity index (χ0v) is 12.1. The maximum atomic E-state index is 14.0. The van der Waals surface area contributed by atoms with E-state index in [-0.39, 0.29) is 5.82 Å². The molecular formula is C17H20FNO. The molecule has 0 saturated heterocycles. The fraction of sp³-hybridized carbons (Fsp3) is 0.294. The van der Waals surface area contributed by atoms with E-state index in [0.717, 1.165) is 11.3 Å². The van der Waals surface area contributed by atoms with Crippen molar-refractivity contribution in [2.24, 2.45) is 0 Å². The Morgan fingerprint density at radius 3 is 2.60 bits per heavy atom. The number of halogens is 1. The lowest BCUT2D eigenvalue weighted by Gasteiger charge is -2.14. The van der Waals surface area contributed by atoms with Gasteiger partial charge in [0, 0.05) is 18.2 Å². The van der Waals surface area contributed by atoms with Gasteiger partial charge in [0.25, 0.3) is 0 Å². The van der Waals surface area contributed by atoms with Crippen LogP contribution in [0.4, 0.5) is 4.39 Å². The largest absolute Gasteiger partial charge is 0.457 e. The molecule has 0 aliphatic heterocycles. The monoisotopic (exact) mass is 273 g/mol. The van der Waals surface area contributed by atoms with E-state index in [1.54, 1.807) is 12.1 Å². The zero-order valence-electron chi connectivity index (χ0n) is 12.1. The van der Waals surface area contributed by atoms with E-state index in [1.165, 1.54) is 6.07 Å². The fourth-order valence-electron chi connectivity index (χ4n) is 1.92. The summed E-state index contributed by atoms with van der Waals surface area (Å²) in [5, 5.41) is 3.22. The highest BCUT2D eigenvalue weighted by atomic mass is 19.1. The van der Waals surface area contributed by atoms with Crippen molar-refractivity contribution in [2.75, 3.05) is 0 Å². The van der Waals surface area contributed by atoms with E-state index in [0.29, 0.717) is 23.9 Å². The van der Waals surface area contributed by atoms with Gasteiger partial charge >= 0.3 is 0 Å². The predicted molar refractivity (Wildman–Crippen MR) is 79.6 cm³/mol. The predicted octanol–water partition coefficient (Wildman–Crippen LogP) is 4.42. The highest BCUT2D eigenvalue weighted by Gasteiger charge is 2.11. The van der Waals surface area contributed by atoms with Gasteiger partial charge in [-0.2, -0.15) is 0 Å². The number of aryl methyl sites for hydroxylation is 1. The Balaban J connectivity index is 2.24. The molecule has 0 unspecified atom stereocenters. The molecule has 0 atom stereocenters. The average Bonchev–Trinajstić information content (AvgIpc) is 2.38. The Morgan fingerprint density at radius 2 is 1.90 bits per heavy atom. The summed E-state index contributed by atoms with van der Waals surface area (Å²) >= 11 is 0. The highest BCUT2D eigenvalue weighted by molar-refractivity contribution is 5.39. The second-order valence-corrected chi connectivity index (χ2v) is 5.17. The molecule has 1 N–H and O–H groups in total. The third-order valence-corrected chi connectivity index (χ3v) is 2.98. The molecule has 0 amide bonds. The molecule has 0 fully saturated rings. The normalized spacial score (nSPS) is 10.8. The number of ether oxygens (including phenoxy) is 1. The zero-order chi connectivity index (χ0) is 14.5. The molecule has 0 radical (unpaired) electrons. The molecule has 0 aliphatic carbocycles. The van der Waals surface area contributed by atoms with E-state index >= 15 is 0 Å². The Hall–Kier alpha value is -1.87. The van der Waals surface area contributed by atoms with Crippen molar-refractivity contribution in [1.82, 2.24) is 5.32 Å². The molecule has 2 nitrogen and oxygen atoms in total. The van der Waals surface area contributed by atoms with Crippen LogP contribution in [-0.4, -0.2) is 6.04 Å². The summed E-state index contributed by atoms with van der Waals surface area (Å²) < 4.78 is 19.8. The van der Waals surface area contributed by atoms with Gasteiger partial charge in [0.15, 0.2) is 0 Å². The quantitative estimate of drug-likeness (QED) is 0.870. The maximum Gasteiger partial charge on any atom is 0.134 e. The van der Waals surface area contributed by atoms with Crippen LogP contribution in [-0.2, 0) is 6.54 Å². The van der Waals surface area contributed by atoms with Crippen LogP contribution < -0.4 is 10.1 Å². The molecule has 0 saturated carbocycles. The van der Waals surface area contributed by atoms with Gasteiger partial charge < -0.3 is 10.1 Å². The summed E-state index contributed by atoms with van der Waals surface area (Å²) in [6.45, 7) is 6.51. The molecule has 0 aromatic heterocycles. The van der Waals surface area contributed by atoms with E-state index in [4.69, 9.17) is 4.74 Å². The topological polar surface area (TPSA) is 21.3 Å². The van der Waals surface area contributed by atoms with Crippen LogP contribution >= 0.6 is 0 Å². The molecule has 106 valence electrons. The Labute approximate surface area is 119 Å². The highest BCUT2D eigenvalue weighted by Crippen LogP contribution is 2.27. The third-order valence-electron chi connectivity index (χ3n) is 2.98. The fourth-order valence-corrected chi connectivity index (χ4v) is 1.92. The molecule has 0 bridgehead atoms. The van der Waals surface area contributed by atoms with Crippen LogP contribution in [0.3, 0.4) is 0 Å². The molecule has 0 aliphatic rings. The maximum absolute atomic E-state index is 14.0. The van der Waals surface area contributed by atoms with Gasteiger partial charge in [0.1, 0.15) is 17.3 Å². The first kappa shape index (κ1) is 14.5. The smallest absolute Gasteiger partial charge is 0.134 e. The molecular weight excluding hydrogens is 253 g/mol. The van der Waals surface area contributed by atoms with Crippen molar-refractivity contribution in [3.05, 3.63) is 59.4 Å². The summed E-state index contributed by atoms with van der Waals surface area (Å²) in [5.74, 6) is 1.04. The van der Waals surface area contributed by atoms with Gasteiger partial charge in [-0.1, -0.05) is 32.0 Å². The van der Waals surface area contributed by atoms with Crippen molar-refractivity contribution >= 4 is 0 Å². The minimum Gasteiger partial charge on any atom is -0.457 e. The lowest BCUT2D eigenvalue weighted by molar-refractivity contribution is 0.457. The first-order chi connectivity index (χ1) is 9.56. The van der Waals surface area contributed by atoms with Crippen molar-refractivity contribution in [1.29, 1.82) is 0 Å². The third kappa shape index (κ3) is 3.81. The van der Waals surface area contributed by atoms with Gasteiger partial charge in [0.2, 0.25) is 0 Å². The van der Waals surface area contributed by atoms with Crippen LogP contribution in [0.15, 0.2) is 42.5 Å². The van der Waals surface area contributed by atoms with Gasteiger partial charge in [0.05, 0.1) is 0 Å². The Bertz CT molecular complexity index is 581. The first-order valence-corrected chi connectivity index (χ1v) is 6.81. The first-order valence-electron chi connectivity index (χ1n) is 6.81. The molecule has 0 heterocycles. The van der Waals surface area contributed by atoms with Crippen LogP contribution in [0.5, 0.6) is 11.5 Å². The lowest BCUT2D eigenvalue weighted by Crippen LogP contribution is -2.22. The lowest BCUT2D eigenvalue weighted by atomic mass is 10.1. The van der Waals surface area contributed by atoms with Crippen molar-refractivity contribution in [2.45, 2.75) is 33.4 Å². The van der Waals surface area contributed by atoms with Crippen LogP contribution in [0.1, 0.15) is 25.0 Å². The van der Waals surface area contributed by atoms with E-state index in [1.807, 2.05) is 45.0 Å². The molecule has 0 spiro atoms. The number of hydrogen-bond acceptors (Lipinski definition) is 2. The van der Waals surface area contributed by atoms with E-state index < -0.39 is 0 Å². The van der Waals surface area contributed by atoms with Crippen LogP contribution in [0.2, 0.25) is 0 Å². The van der Waals surface area contributed by atoms with Crippen LogP contribution in [0, 0.1) is 12.7 Å². The van der Waals surface area contributed by atoms with Gasteiger partial charge in [-0.15, -0.1) is 0 Å². The number of nitrogens with one attached hydrogen (secondary N) is 1. The molecule has 20 heavy (non-hydrogen) atoms. The standard InChI is InChI=1S/C17H20FNO/c1-12(2)19-11-15-16(18)8-5-9-17(15)20-14-7-4-6-13(3)10-14/h4-10,12,19H,11H2,1-3H3. The summed E-state index contributed by atoms with van der Waals surface area (Å²) in [5.41, 5.74) is 1.67. The number of rotatable bonds is 5. The summed E-state index contributed by atoms with van der Waals surface area (Å²) in [7, 11) is 0. The Kier molecular flexibility index (Phi) is 4.74. The minimum absolute atomic E-state index is 0.247. The molecule has 2 aromatic rings. The molecule has 2 rings (SSSR count). The molecule has 2 aromatic carbocycles. The van der Waals surface area contributed by atoms with Gasteiger partial charge in [-0.05, 0) is 36.8 Å². The summed E-state index contributed by atoms with van der Waals surface area (Å²) in [4.78, 5) is 0. The van der Waals surface area contributed by atoms with E-state index in [9.17, 15) is 4.39 Å². The number of benzene rings is 2.